The number of ether oxygens (including phenoxy) is 1. The fraction of sp³-hybridized carbons (Fsp3) is 0.364. The molecule has 0 aliphatic heterocycles. The number of carboxylic acid groups (broad SMARTS) is 1. The van der Waals surface area contributed by atoms with Crippen LogP contribution in [0.15, 0.2) is 16.6 Å². The molecule has 4 heteroatoms. The lowest BCUT2D eigenvalue weighted by atomic mass is 10.0. The summed E-state index contributed by atoms with van der Waals surface area (Å²) in [5.74, 6) is -0.00656. The molecule has 82 valence electrons. The van der Waals surface area contributed by atoms with E-state index < -0.39 is 5.97 Å². The van der Waals surface area contributed by atoms with Gasteiger partial charge in [-0.3, -0.25) is 4.79 Å². The predicted octanol–water partition coefficient (Wildman–Crippen LogP) is 2.78. The number of hydrogen-bond acceptors (Lipinski definition) is 2. The number of benzene rings is 1. The summed E-state index contributed by atoms with van der Waals surface area (Å²) in [4.78, 5) is 10.5. The van der Waals surface area contributed by atoms with Crippen molar-refractivity contribution >= 4 is 21.9 Å². The molecule has 0 saturated carbocycles. The van der Waals surface area contributed by atoms with Gasteiger partial charge >= 0.3 is 5.97 Å². The van der Waals surface area contributed by atoms with Crippen molar-refractivity contribution in [2.75, 3.05) is 7.11 Å². The molecule has 1 N–H and O–H groups in total. The van der Waals surface area contributed by atoms with Crippen molar-refractivity contribution in [3.63, 3.8) is 0 Å². The quantitative estimate of drug-likeness (QED) is 0.917. The van der Waals surface area contributed by atoms with Gasteiger partial charge in [-0.2, -0.15) is 0 Å². The van der Waals surface area contributed by atoms with Crippen LogP contribution in [0.3, 0.4) is 0 Å². The van der Waals surface area contributed by atoms with Crippen LogP contribution in [0.5, 0.6) is 5.75 Å². The highest BCUT2D eigenvalue weighted by Gasteiger charge is 2.08. The van der Waals surface area contributed by atoms with Crippen LogP contribution in [0, 0.1) is 6.92 Å². The number of carboxylic acids is 1. The van der Waals surface area contributed by atoms with Gasteiger partial charge in [0.25, 0.3) is 0 Å². The smallest absolute Gasteiger partial charge is 0.303 e. The first-order valence-electron chi connectivity index (χ1n) is 4.60. The van der Waals surface area contributed by atoms with Crippen LogP contribution in [0.25, 0.3) is 0 Å². The second kappa shape index (κ2) is 5.16. The Kier molecular flexibility index (Phi) is 4.15. The molecule has 3 nitrogen and oxygen atoms in total. The van der Waals surface area contributed by atoms with Crippen LogP contribution in [-0.2, 0) is 11.2 Å². The molecule has 0 saturated heterocycles. The maximum Gasteiger partial charge on any atom is 0.303 e. The SMILES string of the molecule is COc1ccc(CCC(=O)O)c(C)c1Br. The van der Waals surface area contributed by atoms with Crippen LogP contribution in [0.2, 0.25) is 0 Å². The zero-order valence-electron chi connectivity index (χ0n) is 8.71. The average molecular weight is 273 g/mol. The predicted molar refractivity (Wildman–Crippen MR) is 61.4 cm³/mol. The van der Waals surface area contributed by atoms with E-state index in [2.05, 4.69) is 15.9 Å². The first-order chi connectivity index (χ1) is 7.06. The summed E-state index contributed by atoms with van der Waals surface area (Å²) < 4.78 is 6.04. The first kappa shape index (κ1) is 12.0. The molecule has 0 aliphatic carbocycles. The summed E-state index contributed by atoms with van der Waals surface area (Å²) in [7, 11) is 1.61. The van der Waals surface area contributed by atoms with Gasteiger partial charge in [0.1, 0.15) is 5.75 Å². The Balaban J connectivity index is 2.91. The van der Waals surface area contributed by atoms with E-state index in [1.165, 1.54) is 0 Å². The third kappa shape index (κ3) is 2.96. The van der Waals surface area contributed by atoms with E-state index in [4.69, 9.17) is 9.84 Å². The Hall–Kier alpha value is -1.03. The summed E-state index contributed by atoms with van der Waals surface area (Å²) in [6, 6.07) is 3.75. The monoisotopic (exact) mass is 272 g/mol. The van der Waals surface area contributed by atoms with Crippen molar-refractivity contribution in [1.82, 2.24) is 0 Å². The number of aryl methyl sites for hydroxylation is 1. The highest BCUT2D eigenvalue weighted by Crippen LogP contribution is 2.30. The third-order valence-electron chi connectivity index (χ3n) is 2.29. The topological polar surface area (TPSA) is 46.5 Å². The van der Waals surface area contributed by atoms with Crippen LogP contribution >= 0.6 is 15.9 Å². The van der Waals surface area contributed by atoms with Crippen molar-refractivity contribution in [2.45, 2.75) is 19.8 Å². The molecule has 15 heavy (non-hydrogen) atoms. The Morgan fingerprint density at radius 1 is 1.53 bits per heavy atom. The van der Waals surface area contributed by atoms with Crippen molar-refractivity contribution in [3.05, 3.63) is 27.7 Å². The van der Waals surface area contributed by atoms with E-state index in [1.54, 1.807) is 7.11 Å². The van der Waals surface area contributed by atoms with Gasteiger partial charge in [0.2, 0.25) is 0 Å². The highest BCUT2D eigenvalue weighted by molar-refractivity contribution is 9.10. The highest BCUT2D eigenvalue weighted by atomic mass is 79.9. The molecule has 1 aromatic carbocycles. The summed E-state index contributed by atoms with van der Waals surface area (Å²) in [6.07, 6.45) is 0.698. The lowest BCUT2D eigenvalue weighted by Crippen LogP contribution is -2.00. The van der Waals surface area contributed by atoms with Crippen molar-refractivity contribution in [1.29, 1.82) is 0 Å². The Morgan fingerprint density at radius 2 is 2.20 bits per heavy atom. The normalized spacial score (nSPS) is 10.1. The van der Waals surface area contributed by atoms with Crippen LogP contribution in [0.4, 0.5) is 0 Å². The standard InChI is InChI=1S/C11H13BrO3/c1-7-8(4-6-10(13)14)3-5-9(15-2)11(7)12/h3,5H,4,6H2,1-2H3,(H,13,14). The van der Waals surface area contributed by atoms with Crippen molar-refractivity contribution in [3.8, 4) is 5.75 Å². The zero-order valence-corrected chi connectivity index (χ0v) is 10.3. The Labute approximate surface area is 97.2 Å². The third-order valence-corrected chi connectivity index (χ3v) is 3.28. The molecule has 0 atom stereocenters. The molecule has 0 radical (unpaired) electrons. The van der Waals surface area contributed by atoms with Gasteiger partial charge in [-0.15, -0.1) is 0 Å². The minimum atomic E-state index is -0.777. The number of hydrogen-bond donors (Lipinski definition) is 1. The van der Waals surface area contributed by atoms with E-state index >= 15 is 0 Å². The van der Waals surface area contributed by atoms with Crippen LogP contribution in [-0.4, -0.2) is 18.2 Å². The lowest BCUT2D eigenvalue weighted by molar-refractivity contribution is -0.136. The summed E-state index contributed by atoms with van der Waals surface area (Å²) in [5, 5.41) is 8.60. The summed E-state index contributed by atoms with van der Waals surface area (Å²) >= 11 is 3.43. The summed E-state index contributed by atoms with van der Waals surface area (Å²) in [6.45, 7) is 1.95. The molecule has 0 amide bonds. The van der Waals surface area contributed by atoms with E-state index in [-0.39, 0.29) is 6.42 Å². The molecule has 0 unspecified atom stereocenters. The zero-order chi connectivity index (χ0) is 11.4. The van der Waals surface area contributed by atoms with Gasteiger partial charge < -0.3 is 9.84 Å². The largest absolute Gasteiger partial charge is 0.496 e. The molecular formula is C11H13BrO3. The molecule has 0 heterocycles. The second-order valence-electron chi connectivity index (χ2n) is 3.26. The van der Waals surface area contributed by atoms with Gasteiger partial charge in [-0.05, 0) is 46.5 Å². The van der Waals surface area contributed by atoms with E-state index in [0.717, 1.165) is 21.3 Å². The maximum absolute atomic E-state index is 10.5. The number of aliphatic carboxylic acids is 1. The van der Waals surface area contributed by atoms with E-state index in [9.17, 15) is 4.79 Å². The first-order valence-corrected chi connectivity index (χ1v) is 5.39. The minimum absolute atomic E-state index is 0.152. The molecule has 0 aromatic heterocycles. The molecule has 1 rings (SSSR count). The molecule has 0 bridgehead atoms. The van der Waals surface area contributed by atoms with Gasteiger partial charge in [0, 0.05) is 6.42 Å². The molecule has 0 spiro atoms. The fourth-order valence-electron chi connectivity index (χ4n) is 1.37. The van der Waals surface area contributed by atoms with Crippen molar-refractivity contribution < 1.29 is 14.6 Å². The fourth-order valence-corrected chi connectivity index (χ4v) is 1.92. The second-order valence-corrected chi connectivity index (χ2v) is 4.05. The van der Waals surface area contributed by atoms with Crippen molar-refractivity contribution in [2.24, 2.45) is 0 Å². The number of carbonyl (C=O) groups is 1. The lowest BCUT2D eigenvalue weighted by Gasteiger charge is -2.10. The maximum atomic E-state index is 10.5. The molecule has 1 aromatic rings. The van der Waals surface area contributed by atoms with Gasteiger partial charge in [0.05, 0.1) is 11.6 Å². The number of rotatable bonds is 4. The van der Waals surface area contributed by atoms with E-state index in [1.807, 2.05) is 19.1 Å². The Morgan fingerprint density at radius 3 is 2.73 bits per heavy atom. The molecular weight excluding hydrogens is 260 g/mol. The van der Waals surface area contributed by atoms with E-state index in [0.29, 0.717) is 6.42 Å². The number of methoxy groups -OCH3 is 1. The minimum Gasteiger partial charge on any atom is -0.496 e. The average Bonchev–Trinajstić information content (AvgIpc) is 2.20. The molecule has 0 aliphatic rings. The van der Waals surface area contributed by atoms with Crippen LogP contribution in [0.1, 0.15) is 17.5 Å². The summed E-state index contributed by atoms with van der Waals surface area (Å²) in [5.41, 5.74) is 2.07. The van der Waals surface area contributed by atoms with Gasteiger partial charge in [0.15, 0.2) is 0 Å². The Bertz CT molecular complexity index is 374. The number of halogens is 1. The van der Waals surface area contributed by atoms with Gasteiger partial charge in [-0.25, -0.2) is 0 Å². The van der Waals surface area contributed by atoms with Crippen LogP contribution < -0.4 is 4.74 Å². The molecule has 0 fully saturated rings. The van der Waals surface area contributed by atoms with Gasteiger partial charge in [-0.1, -0.05) is 6.07 Å².